The van der Waals surface area contributed by atoms with Gasteiger partial charge in [-0.3, -0.25) is 4.98 Å². The zero-order valence-electron chi connectivity index (χ0n) is 8.97. The van der Waals surface area contributed by atoms with Crippen molar-refractivity contribution in [3.8, 4) is 10.6 Å². The van der Waals surface area contributed by atoms with Crippen LogP contribution < -0.4 is 5.73 Å². The summed E-state index contributed by atoms with van der Waals surface area (Å²) in [6.45, 7) is 0. The van der Waals surface area contributed by atoms with E-state index in [1.807, 2.05) is 24.4 Å². The molecule has 0 unspecified atom stereocenters. The number of pyridine rings is 1. The molecule has 2 nitrogen and oxygen atoms in total. The van der Waals surface area contributed by atoms with Crippen molar-refractivity contribution < 1.29 is 0 Å². The van der Waals surface area contributed by atoms with Crippen LogP contribution >= 0.6 is 35.3 Å². The molecule has 2 aromatic rings. The maximum Gasteiger partial charge on any atom is 0.0935 e. The van der Waals surface area contributed by atoms with Crippen LogP contribution in [0.1, 0.15) is 17.9 Å². The molecule has 0 aliphatic heterocycles. The van der Waals surface area contributed by atoms with Gasteiger partial charge in [0.25, 0.3) is 0 Å². The minimum atomic E-state index is 0. The summed E-state index contributed by atoms with van der Waals surface area (Å²) in [7, 11) is 0. The van der Waals surface area contributed by atoms with Gasteiger partial charge in [0.05, 0.1) is 14.9 Å². The van der Waals surface area contributed by atoms with Crippen LogP contribution in [-0.4, -0.2) is 11.0 Å². The van der Waals surface area contributed by atoms with E-state index in [2.05, 4.69) is 11.1 Å². The molecular weight excluding hydrogens is 275 g/mol. The van der Waals surface area contributed by atoms with Gasteiger partial charge in [0, 0.05) is 18.2 Å². The number of thiophene rings is 1. The van der Waals surface area contributed by atoms with Crippen molar-refractivity contribution in [2.45, 2.75) is 18.4 Å². The molecule has 2 atom stereocenters. The second-order valence-electron chi connectivity index (χ2n) is 4.09. The molecule has 17 heavy (non-hydrogen) atoms. The molecule has 3 rings (SSSR count). The Labute approximate surface area is 115 Å². The van der Waals surface area contributed by atoms with E-state index in [-0.39, 0.29) is 12.4 Å². The standard InChI is InChI=1S/C12H11ClN2S.ClH/c13-12-4-3-11(16-12)10-2-1-7(6-15-10)8-5-9(8)14;/h1-4,6,8-9H,5,14H2;1H/t8-,9+;/m0./s1. The summed E-state index contributed by atoms with van der Waals surface area (Å²) in [5.41, 5.74) is 8.04. The third kappa shape index (κ3) is 2.63. The van der Waals surface area contributed by atoms with E-state index in [0.29, 0.717) is 12.0 Å². The molecule has 0 spiro atoms. The summed E-state index contributed by atoms with van der Waals surface area (Å²) in [5, 5.41) is 0. The first-order chi connectivity index (χ1) is 7.74. The van der Waals surface area contributed by atoms with Gasteiger partial charge in [0.15, 0.2) is 0 Å². The Morgan fingerprint density at radius 1 is 1.29 bits per heavy atom. The van der Waals surface area contributed by atoms with Crippen LogP contribution in [0.5, 0.6) is 0 Å². The quantitative estimate of drug-likeness (QED) is 0.914. The van der Waals surface area contributed by atoms with Gasteiger partial charge in [-0.1, -0.05) is 17.7 Å². The highest BCUT2D eigenvalue weighted by Crippen LogP contribution is 2.39. The molecule has 1 fully saturated rings. The van der Waals surface area contributed by atoms with Gasteiger partial charge in [-0.2, -0.15) is 0 Å². The zero-order valence-corrected chi connectivity index (χ0v) is 11.4. The van der Waals surface area contributed by atoms with E-state index in [0.717, 1.165) is 21.3 Å². The van der Waals surface area contributed by atoms with Crippen LogP contribution in [-0.2, 0) is 0 Å². The zero-order chi connectivity index (χ0) is 11.1. The summed E-state index contributed by atoms with van der Waals surface area (Å²) < 4.78 is 0.796. The van der Waals surface area contributed by atoms with Crippen molar-refractivity contribution in [3.63, 3.8) is 0 Å². The molecule has 1 aliphatic carbocycles. The van der Waals surface area contributed by atoms with Crippen molar-refractivity contribution in [2.24, 2.45) is 5.73 Å². The number of hydrogen-bond donors (Lipinski definition) is 1. The highest BCUT2D eigenvalue weighted by molar-refractivity contribution is 7.19. The van der Waals surface area contributed by atoms with E-state index in [1.54, 1.807) is 11.3 Å². The molecule has 2 N–H and O–H groups in total. The average Bonchev–Trinajstić information content (AvgIpc) is 2.86. The molecule has 0 radical (unpaired) electrons. The number of halogens is 2. The Morgan fingerprint density at radius 2 is 2.06 bits per heavy atom. The van der Waals surface area contributed by atoms with Crippen molar-refractivity contribution in [1.29, 1.82) is 0 Å². The fourth-order valence-corrected chi connectivity index (χ4v) is 2.84. The molecule has 2 aromatic heterocycles. The molecule has 0 amide bonds. The smallest absolute Gasteiger partial charge is 0.0935 e. The van der Waals surface area contributed by atoms with Crippen molar-refractivity contribution in [2.75, 3.05) is 0 Å². The maximum atomic E-state index is 5.90. The normalized spacial score (nSPS) is 22.0. The number of aromatic nitrogens is 1. The Bertz CT molecular complexity index is 509. The van der Waals surface area contributed by atoms with Crippen molar-refractivity contribution in [1.82, 2.24) is 4.98 Å². The molecule has 5 heteroatoms. The van der Waals surface area contributed by atoms with E-state index >= 15 is 0 Å². The largest absolute Gasteiger partial charge is 0.327 e. The predicted octanol–water partition coefficient (Wildman–Crippen LogP) is 3.70. The first kappa shape index (κ1) is 12.8. The monoisotopic (exact) mass is 286 g/mol. The number of hydrogen-bond acceptors (Lipinski definition) is 3. The summed E-state index contributed by atoms with van der Waals surface area (Å²) in [6.07, 6.45) is 3.02. The lowest BCUT2D eigenvalue weighted by Gasteiger charge is -2.00. The SMILES string of the molecule is Cl.N[C@@H]1C[C@H]1c1ccc(-c2ccc(Cl)s2)nc1. The van der Waals surface area contributed by atoms with E-state index < -0.39 is 0 Å². The fraction of sp³-hybridized carbons (Fsp3) is 0.250. The van der Waals surface area contributed by atoms with Crippen LogP contribution in [0.2, 0.25) is 4.34 Å². The lowest BCUT2D eigenvalue weighted by Crippen LogP contribution is -2.01. The highest BCUT2D eigenvalue weighted by Gasteiger charge is 2.34. The van der Waals surface area contributed by atoms with Crippen molar-refractivity contribution >= 4 is 35.3 Å². The number of nitrogens with two attached hydrogens (primary N) is 1. The average molecular weight is 287 g/mol. The lowest BCUT2D eigenvalue weighted by molar-refractivity contribution is 0.981. The van der Waals surface area contributed by atoms with Gasteiger partial charge in [-0.25, -0.2) is 0 Å². The molecule has 2 heterocycles. The van der Waals surface area contributed by atoms with Gasteiger partial charge in [0.2, 0.25) is 0 Å². The van der Waals surface area contributed by atoms with Gasteiger partial charge in [-0.05, 0) is 30.2 Å². The number of rotatable bonds is 2. The molecule has 0 aromatic carbocycles. The van der Waals surface area contributed by atoms with Crippen LogP contribution in [0.25, 0.3) is 10.6 Å². The lowest BCUT2D eigenvalue weighted by atomic mass is 10.1. The number of nitrogens with zero attached hydrogens (tertiary/aromatic N) is 1. The Hall–Kier alpha value is -0.610. The van der Waals surface area contributed by atoms with Crippen LogP contribution in [0.4, 0.5) is 0 Å². The summed E-state index contributed by atoms with van der Waals surface area (Å²) >= 11 is 7.44. The van der Waals surface area contributed by atoms with E-state index in [9.17, 15) is 0 Å². The highest BCUT2D eigenvalue weighted by atomic mass is 35.5. The first-order valence-corrected chi connectivity index (χ1v) is 6.41. The van der Waals surface area contributed by atoms with Gasteiger partial charge < -0.3 is 5.73 Å². The molecule has 0 bridgehead atoms. The fourth-order valence-electron chi connectivity index (χ4n) is 1.82. The van der Waals surface area contributed by atoms with Gasteiger partial charge in [-0.15, -0.1) is 23.7 Å². The Morgan fingerprint density at radius 3 is 2.53 bits per heavy atom. The summed E-state index contributed by atoms with van der Waals surface area (Å²) in [5.74, 6) is 0.522. The minimum absolute atomic E-state index is 0. The van der Waals surface area contributed by atoms with Gasteiger partial charge in [0.1, 0.15) is 0 Å². The maximum absolute atomic E-state index is 5.90. The Kier molecular flexibility index (Phi) is 3.73. The van der Waals surface area contributed by atoms with Crippen molar-refractivity contribution in [3.05, 3.63) is 40.4 Å². The molecular formula is C12H12Cl2N2S. The molecule has 90 valence electrons. The minimum Gasteiger partial charge on any atom is -0.327 e. The first-order valence-electron chi connectivity index (χ1n) is 5.21. The predicted molar refractivity (Wildman–Crippen MR) is 75.1 cm³/mol. The van der Waals surface area contributed by atoms with Crippen LogP contribution in [0.3, 0.4) is 0 Å². The topological polar surface area (TPSA) is 38.9 Å². The second kappa shape index (κ2) is 4.94. The molecule has 0 saturated heterocycles. The van der Waals surface area contributed by atoms with E-state index in [4.69, 9.17) is 17.3 Å². The molecule has 1 aliphatic rings. The second-order valence-corrected chi connectivity index (χ2v) is 5.80. The Balaban J connectivity index is 0.00000108. The third-order valence-corrected chi connectivity index (χ3v) is 4.13. The third-order valence-electron chi connectivity index (χ3n) is 2.88. The van der Waals surface area contributed by atoms with E-state index in [1.165, 1.54) is 5.56 Å². The molecule has 1 saturated carbocycles. The summed E-state index contributed by atoms with van der Waals surface area (Å²) in [4.78, 5) is 5.56. The van der Waals surface area contributed by atoms with Crippen LogP contribution in [0, 0.1) is 0 Å². The van der Waals surface area contributed by atoms with Gasteiger partial charge >= 0.3 is 0 Å². The van der Waals surface area contributed by atoms with Crippen LogP contribution in [0.15, 0.2) is 30.5 Å². The summed E-state index contributed by atoms with van der Waals surface area (Å²) in [6, 6.07) is 8.39.